The minimum atomic E-state index is -0.449. The first-order chi connectivity index (χ1) is 18.5. The average molecular weight is 523 g/mol. The van der Waals surface area contributed by atoms with Crippen LogP contribution in [0.25, 0.3) is 0 Å². The number of unbranched alkanes of at least 4 members (excludes halogenated alkanes) is 3. The number of para-hydroxylation sites is 1. The van der Waals surface area contributed by atoms with Crippen molar-refractivity contribution in [1.82, 2.24) is 10.6 Å². The number of esters is 1. The third-order valence-electron chi connectivity index (χ3n) is 6.55. The van der Waals surface area contributed by atoms with Gasteiger partial charge in [-0.1, -0.05) is 61.4 Å². The van der Waals surface area contributed by atoms with Gasteiger partial charge in [-0.15, -0.1) is 0 Å². The number of carbonyl (C=O) groups is 4. The van der Waals surface area contributed by atoms with E-state index in [0.29, 0.717) is 44.4 Å². The Morgan fingerprint density at radius 3 is 2.34 bits per heavy atom. The number of rotatable bonds is 16. The molecule has 2 aromatic carbocycles. The SMILES string of the molecule is O=C(COc1ccccc1)NCCCCC1NC(=O)C(CCCCCC(=O)OCc2ccccc2)CC1=O. The number of amides is 2. The average Bonchev–Trinajstić information content (AvgIpc) is 2.93. The van der Waals surface area contributed by atoms with E-state index in [1.165, 1.54) is 0 Å². The van der Waals surface area contributed by atoms with Crippen molar-refractivity contribution in [2.75, 3.05) is 13.2 Å². The van der Waals surface area contributed by atoms with E-state index >= 15 is 0 Å². The second kappa shape index (κ2) is 16.2. The Bertz CT molecular complexity index is 944. The molecule has 0 radical (unpaired) electrons. The number of carbonyl (C=O) groups excluding carboxylic acids is 4. The lowest BCUT2D eigenvalue weighted by Crippen LogP contribution is -2.49. The van der Waals surface area contributed by atoms with Gasteiger partial charge < -0.3 is 20.1 Å². The fourth-order valence-corrected chi connectivity index (χ4v) is 4.38. The third kappa shape index (κ3) is 10.7. The molecular weight excluding hydrogens is 484 g/mol. The standard InChI is InChI=1S/C30H38N2O6/c33-27-20-24(14-6-2-9-18-29(35)38-21-23-12-4-1-5-13-23)30(36)32-26(27)17-10-11-19-31-28(34)22-37-25-15-7-3-8-16-25/h1,3-5,7-8,12-13,15-16,24,26H,2,6,9-11,14,17-22H2,(H,31,34)(H,32,36). The summed E-state index contributed by atoms with van der Waals surface area (Å²) in [4.78, 5) is 48.8. The quantitative estimate of drug-likeness (QED) is 0.253. The summed E-state index contributed by atoms with van der Waals surface area (Å²) in [5, 5.41) is 5.68. The van der Waals surface area contributed by atoms with E-state index in [1.807, 2.05) is 48.5 Å². The van der Waals surface area contributed by atoms with Crippen LogP contribution in [0.1, 0.15) is 63.4 Å². The van der Waals surface area contributed by atoms with Crippen molar-refractivity contribution in [3.63, 3.8) is 0 Å². The summed E-state index contributed by atoms with van der Waals surface area (Å²) in [7, 11) is 0. The number of hydrogen-bond acceptors (Lipinski definition) is 6. The largest absolute Gasteiger partial charge is 0.484 e. The van der Waals surface area contributed by atoms with Gasteiger partial charge in [-0.3, -0.25) is 19.2 Å². The summed E-state index contributed by atoms with van der Waals surface area (Å²) >= 11 is 0. The summed E-state index contributed by atoms with van der Waals surface area (Å²) in [5.41, 5.74) is 0.962. The molecule has 8 nitrogen and oxygen atoms in total. The van der Waals surface area contributed by atoms with Crippen molar-refractivity contribution in [2.45, 2.75) is 70.4 Å². The molecule has 2 unspecified atom stereocenters. The molecule has 204 valence electrons. The predicted octanol–water partition coefficient (Wildman–Crippen LogP) is 4.12. The van der Waals surface area contributed by atoms with Crippen LogP contribution in [0.5, 0.6) is 5.75 Å². The topological polar surface area (TPSA) is 111 Å². The van der Waals surface area contributed by atoms with E-state index in [4.69, 9.17) is 9.47 Å². The van der Waals surface area contributed by atoms with Gasteiger partial charge in [-0.05, 0) is 49.8 Å². The van der Waals surface area contributed by atoms with E-state index in [0.717, 1.165) is 24.8 Å². The molecule has 1 heterocycles. The Kier molecular flexibility index (Phi) is 12.3. The Morgan fingerprint density at radius 1 is 0.868 bits per heavy atom. The fraction of sp³-hybridized carbons (Fsp3) is 0.467. The van der Waals surface area contributed by atoms with Gasteiger partial charge in [0.25, 0.3) is 5.91 Å². The molecule has 2 amide bonds. The number of piperidine rings is 1. The van der Waals surface area contributed by atoms with Crippen molar-refractivity contribution >= 4 is 23.6 Å². The van der Waals surface area contributed by atoms with Gasteiger partial charge in [0.05, 0.1) is 6.04 Å². The zero-order valence-corrected chi connectivity index (χ0v) is 21.9. The van der Waals surface area contributed by atoms with Crippen LogP contribution >= 0.6 is 0 Å². The van der Waals surface area contributed by atoms with Gasteiger partial charge in [-0.25, -0.2) is 0 Å². The van der Waals surface area contributed by atoms with E-state index in [1.54, 1.807) is 12.1 Å². The summed E-state index contributed by atoms with van der Waals surface area (Å²) in [6.45, 7) is 0.735. The molecule has 1 aliphatic rings. The monoisotopic (exact) mass is 522 g/mol. The molecule has 1 fully saturated rings. The second-order valence-electron chi connectivity index (χ2n) is 9.62. The molecule has 1 aliphatic heterocycles. The van der Waals surface area contributed by atoms with Crippen LogP contribution in [0.15, 0.2) is 60.7 Å². The van der Waals surface area contributed by atoms with Gasteiger partial charge in [0, 0.05) is 25.3 Å². The van der Waals surface area contributed by atoms with Crippen LogP contribution in [0.3, 0.4) is 0 Å². The van der Waals surface area contributed by atoms with Gasteiger partial charge in [0.2, 0.25) is 5.91 Å². The molecule has 0 bridgehead atoms. The number of nitrogens with one attached hydrogen (secondary N) is 2. The highest BCUT2D eigenvalue weighted by atomic mass is 16.5. The molecule has 2 N–H and O–H groups in total. The Morgan fingerprint density at radius 2 is 1.58 bits per heavy atom. The van der Waals surface area contributed by atoms with E-state index in [-0.39, 0.29) is 49.1 Å². The molecule has 0 aromatic heterocycles. The second-order valence-corrected chi connectivity index (χ2v) is 9.62. The van der Waals surface area contributed by atoms with Gasteiger partial charge in [-0.2, -0.15) is 0 Å². The van der Waals surface area contributed by atoms with Crippen molar-refractivity contribution in [2.24, 2.45) is 5.92 Å². The predicted molar refractivity (Wildman–Crippen MR) is 143 cm³/mol. The Labute approximate surface area is 224 Å². The molecule has 0 spiro atoms. The summed E-state index contributed by atoms with van der Waals surface area (Å²) < 4.78 is 10.7. The van der Waals surface area contributed by atoms with Crippen molar-refractivity contribution in [3.05, 3.63) is 66.2 Å². The van der Waals surface area contributed by atoms with Gasteiger partial charge in [0.15, 0.2) is 12.4 Å². The molecule has 2 atom stereocenters. The number of ketones is 1. The number of benzene rings is 2. The highest BCUT2D eigenvalue weighted by Gasteiger charge is 2.33. The molecular formula is C30H38N2O6. The van der Waals surface area contributed by atoms with Crippen molar-refractivity contribution in [3.8, 4) is 5.75 Å². The number of ether oxygens (including phenoxy) is 2. The maximum atomic E-state index is 12.5. The fourth-order valence-electron chi connectivity index (χ4n) is 4.38. The normalized spacial score (nSPS) is 16.9. The first kappa shape index (κ1) is 28.9. The maximum absolute atomic E-state index is 12.5. The molecule has 0 aliphatic carbocycles. The Balaban J connectivity index is 1.20. The van der Waals surface area contributed by atoms with Gasteiger partial charge >= 0.3 is 5.97 Å². The van der Waals surface area contributed by atoms with Crippen molar-refractivity contribution in [1.29, 1.82) is 0 Å². The summed E-state index contributed by atoms with van der Waals surface area (Å²) in [6, 6.07) is 18.3. The third-order valence-corrected chi connectivity index (χ3v) is 6.55. The summed E-state index contributed by atoms with van der Waals surface area (Å²) in [5.74, 6) is -0.0628. The zero-order chi connectivity index (χ0) is 27.0. The highest BCUT2D eigenvalue weighted by Crippen LogP contribution is 2.22. The minimum Gasteiger partial charge on any atom is -0.484 e. The molecule has 38 heavy (non-hydrogen) atoms. The minimum absolute atomic E-state index is 0.0408. The molecule has 1 saturated heterocycles. The van der Waals surface area contributed by atoms with Crippen LogP contribution < -0.4 is 15.4 Å². The van der Waals surface area contributed by atoms with Gasteiger partial charge in [0.1, 0.15) is 12.4 Å². The van der Waals surface area contributed by atoms with Crippen molar-refractivity contribution < 1.29 is 28.7 Å². The van der Waals surface area contributed by atoms with E-state index in [9.17, 15) is 19.2 Å². The van der Waals surface area contributed by atoms with Crippen LogP contribution in [-0.4, -0.2) is 42.8 Å². The lowest BCUT2D eigenvalue weighted by molar-refractivity contribution is -0.145. The molecule has 0 saturated carbocycles. The number of Topliss-reactive ketones (excluding diaryl/α,β-unsaturated/α-hetero) is 1. The van der Waals surface area contributed by atoms with Crippen LogP contribution in [0.4, 0.5) is 0 Å². The maximum Gasteiger partial charge on any atom is 0.306 e. The molecule has 3 rings (SSSR count). The first-order valence-electron chi connectivity index (χ1n) is 13.5. The lowest BCUT2D eigenvalue weighted by atomic mass is 9.87. The molecule has 2 aromatic rings. The van der Waals surface area contributed by atoms with E-state index in [2.05, 4.69) is 10.6 Å². The highest BCUT2D eigenvalue weighted by molar-refractivity contribution is 5.96. The van der Waals surface area contributed by atoms with E-state index < -0.39 is 6.04 Å². The van der Waals surface area contributed by atoms with Crippen LogP contribution in [0, 0.1) is 5.92 Å². The molecule has 8 heteroatoms. The number of hydrogen-bond donors (Lipinski definition) is 2. The lowest BCUT2D eigenvalue weighted by Gasteiger charge is -2.28. The first-order valence-corrected chi connectivity index (χ1v) is 13.5. The summed E-state index contributed by atoms with van der Waals surface area (Å²) in [6.07, 6.45) is 5.57. The Hall–Kier alpha value is -3.68. The van der Waals surface area contributed by atoms with Crippen LogP contribution in [-0.2, 0) is 30.5 Å². The van der Waals surface area contributed by atoms with Crippen LogP contribution in [0.2, 0.25) is 0 Å². The zero-order valence-electron chi connectivity index (χ0n) is 21.9. The smallest absolute Gasteiger partial charge is 0.306 e.